The van der Waals surface area contributed by atoms with Crippen LogP contribution >= 0.6 is 11.3 Å². The molecule has 0 spiro atoms. The number of fused-ring (bicyclic) bond motifs is 1. The number of para-hydroxylation sites is 1. The molecular formula is C30H25N5OS. The Hall–Kier alpha value is -4.67. The van der Waals surface area contributed by atoms with Crippen LogP contribution < -0.4 is 16.4 Å². The Morgan fingerprint density at radius 1 is 1.00 bits per heavy atom. The van der Waals surface area contributed by atoms with Crippen LogP contribution in [0.1, 0.15) is 27.0 Å². The quantitative estimate of drug-likeness (QED) is 0.237. The Bertz CT molecular complexity index is 1600. The lowest BCUT2D eigenvalue weighted by molar-refractivity contribution is 0.0957. The fourth-order valence-electron chi connectivity index (χ4n) is 4.23. The highest BCUT2D eigenvalue weighted by molar-refractivity contribution is 7.24. The second-order valence-electron chi connectivity index (χ2n) is 8.69. The molecule has 37 heavy (non-hydrogen) atoms. The van der Waals surface area contributed by atoms with Gasteiger partial charge in [-0.25, -0.2) is 4.98 Å². The maximum atomic E-state index is 13.6. The molecule has 0 saturated heterocycles. The van der Waals surface area contributed by atoms with Gasteiger partial charge in [-0.15, -0.1) is 11.3 Å². The van der Waals surface area contributed by atoms with Crippen LogP contribution in [0.25, 0.3) is 21.3 Å². The van der Waals surface area contributed by atoms with E-state index in [0.29, 0.717) is 40.2 Å². The van der Waals surface area contributed by atoms with Crippen molar-refractivity contribution in [3.8, 4) is 17.2 Å². The molecule has 0 saturated carbocycles. The second-order valence-corrected chi connectivity index (χ2v) is 9.71. The first-order valence-corrected chi connectivity index (χ1v) is 12.7. The van der Waals surface area contributed by atoms with E-state index in [2.05, 4.69) is 21.7 Å². The first-order valence-electron chi connectivity index (χ1n) is 11.9. The smallest absolute Gasteiger partial charge is 0.256 e. The van der Waals surface area contributed by atoms with Gasteiger partial charge in [-0.1, -0.05) is 78.4 Å². The number of nitrogens with zero attached hydrogens (tertiary/aromatic N) is 2. The summed E-state index contributed by atoms with van der Waals surface area (Å²) in [5.74, 6) is -0.139. The lowest BCUT2D eigenvalue weighted by Crippen LogP contribution is -2.26. The van der Waals surface area contributed by atoms with Crippen LogP contribution in [-0.2, 0) is 6.42 Å². The van der Waals surface area contributed by atoms with Crippen LogP contribution in [0, 0.1) is 18.3 Å². The Kier molecular flexibility index (Phi) is 6.84. The summed E-state index contributed by atoms with van der Waals surface area (Å²) in [5.41, 5.74) is 12.1. The summed E-state index contributed by atoms with van der Waals surface area (Å²) >= 11 is 1.40. The molecule has 0 radical (unpaired) electrons. The molecule has 0 fully saturated rings. The fourth-order valence-corrected chi connectivity index (χ4v) is 5.46. The van der Waals surface area contributed by atoms with Crippen molar-refractivity contribution in [2.75, 3.05) is 17.6 Å². The van der Waals surface area contributed by atoms with E-state index in [1.165, 1.54) is 11.3 Å². The van der Waals surface area contributed by atoms with Gasteiger partial charge in [0.25, 0.3) is 5.91 Å². The third-order valence-electron chi connectivity index (χ3n) is 6.10. The lowest BCUT2D eigenvalue weighted by Gasteiger charge is -2.10. The summed E-state index contributed by atoms with van der Waals surface area (Å²) in [6, 6.07) is 29.8. The zero-order chi connectivity index (χ0) is 25.8. The normalized spacial score (nSPS) is 10.7. The van der Waals surface area contributed by atoms with Gasteiger partial charge in [-0.05, 0) is 36.6 Å². The lowest BCUT2D eigenvalue weighted by atomic mass is 9.99. The number of hydrogen-bond acceptors (Lipinski definition) is 6. The monoisotopic (exact) mass is 503 g/mol. The number of nitrogens with two attached hydrogens (primary N) is 1. The molecule has 5 rings (SSSR count). The molecule has 0 unspecified atom stereocenters. The summed E-state index contributed by atoms with van der Waals surface area (Å²) in [5, 5.41) is 17.0. The number of nitriles is 1. The highest BCUT2D eigenvalue weighted by Crippen LogP contribution is 2.44. The van der Waals surface area contributed by atoms with E-state index in [-0.39, 0.29) is 11.7 Å². The number of carbonyl (C=O) groups excluding carboxylic acids is 1. The molecule has 2 aromatic heterocycles. The van der Waals surface area contributed by atoms with Gasteiger partial charge >= 0.3 is 0 Å². The van der Waals surface area contributed by atoms with Crippen LogP contribution in [0.3, 0.4) is 0 Å². The minimum absolute atomic E-state index is 0.105. The van der Waals surface area contributed by atoms with E-state index in [9.17, 15) is 10.1 Å². The molecule has 2 heterocycles. The third kappa shape index (κ3) is 5.01. The molecule has 0 aliphatic heterocycles. The molecule has 0 aliphatic rings. The van der Waals surface area contributed by atoms with Gasteiger partial charge in [-0.2, -0.15) is 5.26 Å². The van der Waals surface area contributed by atoms with E-state index in [1.807, 2.05) is 91.9 Å². The highest BCUT2D eigenvalue weighted by Gasteiger charge is 2.26. The number of aryl methyl sites for hydroxylation is 1. The zero-order valence-corrected chi connectivity index (χ0v) is 21.1. The van der Waals surface area contributed by atoms with Crippen molar-refractivity contribution >= 4 is 44.0 Å². The molecule has 1 amide bonds. The standard InChI is InChI=1S/C30H25N5OS/c1-19-12-14-21(15-13-19)24-23(18-31)28(32)35-26-25(29(36)33-17-16-20-8-4-2-5-9-20)30(37-27(24)26)34-22-10-6-3-7-11-22/h2-15,34H,16-17H2,1H3,(H2,32,35)(H,33,36). The second kappa shape index (κ2) is 10.5. The number of anilines is 3. The van der Waals surface area contributed by atoms with Gasteiger partial charge in [0.15, 0.2) is 0 Å². The average molecular weight is 504 g/mol. The molecule has 7 heteroatoms. The Morgan fingerprint density at radius 2 is 1.68 bits per heavy atom. The Morgan fingerprint density at radius 3 is 2.35 bits per heavy atom. The molecule has 5 aromatic rings. The Labute approximate surface area is 219 Å². The van der Waals surface area contributed by atoms with Crippen molar-refractivity contribution in [1.82, 2.24) is 10.3 Å². The highest BCUT2D eigenvalue weighted by atomic mass is 32.1. The summed E-state index contributed by atoms with van der Waals surface area (Å²) in [6.07, 6.45) is 0.707. The van der Waals surface area contributed by atoms with Crippen molar-refractivity contribution in [2.24, 2.45) is 0 Å². The van der Waals surface area contributed by atoms with Crippen LogP contribution in [0.15, 0.2) is 84.9 Å². The number of amides is 1. The largest absolute Gasteiger partial charge is 0.383 e. The van der Waals surface area contributed by atoms with Gasteiger partial charge in [0.1, 0.15) is 28.0 Å². The number of aromatic nitrogens is 1. The molecule has 182 valence electrons. The Balaban J connectivity index is 1.62. The van der Waals surface area contributed by atoms with Gasteiger partial charge < -0.3 is 16.4 Å². The minimum Gasteiger partial charge on any atom is -0.383 e. The van der Waals surface area contributed by atoms with Crippen LogP contribution in [0.4, 0.5) is 16.5 Å². The first-order chi connectivity index (χ1) is 18.0. The third-order valence-corrected chi connectivity index (χ3v) is 7.21. The minimum atomic E-state index is -0.243. The van der Waals surface area contributed by atoms with E-state index in [1.54, 1.807) is 0 Å². The number of nitrogen functional groups attached to an aromatic ring is 1. The van der Waals surface area contributed by atoms with Crippen LogP contribution in [0.5, 0.6) is 0 Å². The number of hydrogen-bond donors (Lipinski definition) is 3. The number of rotatable bonds is 7. The van der Waals surface area contributed by atoms with Gasteiger partial charge in [0, 0.05) is 17.8 Å². The molecule has 4 N–H and O–H groups in total. The number of carbonyl (C=O) groups is 1. The fraction of sp³-hybridized carbons (Fsp3) is 0.100. The number of benzene rings is 3. The van der Waals surface area contributed by atoms with Gasteiger partial charge in [0.2, 0.25) is 0 Å². The van der Waals surface area contributed by atoms with Crippen molar-refractivity contribution in [3.63, 3.8) is 0 Å². The molecular weight excluding hydrogens is 478 g/mol. The van der Waals surface area contributed by atoms with Crippen molar-refractivity contribution in [3.05, 3.63) is 107 Å². The first kappa shape index (κ1) is 24.0. The van der Waals surface area contributed by atoms with Gasteiger partial charge in [-0.3, -0.25) is 4.79 Å². The maximum absolute atomic E-state index is 13.6. The van der Waals surface area contributed by atoms with E-state index in [0.717, 1.165) is 27.1 Å². The summed E-state index contributed by atoms with van der Waals surface area (Å²) in [4.78, 5) is 18.2. The summed E-state index contributed by atoms with van der Waals surface area (Å²) in [6.45, 7) is 2.48. The average Bonchev–Trinajstić information content (AvgIpc) is 3.26. The van der Waals surface area contributed by atoms with Crippen LogP contribution in [-0.4, -0.2) is 17.4 Å². The molecule has 0 bridgehead atoms. The number of nitrogens with one attached hydrogen (secondary N) is 2. The van der Waals surface area contributed by atoms with E-state index >= 15 is 0 Å². The van der Waals surface area contributed by atoms with Crippen LogP contribution in [0.2, 0.25) is 0 Å². The maximum Gasteiger partial charge on any atom is 0.256 e. The van der Waals surface area contributed by atoms with E-state index < -0.39 is 0 Å². The van der Waals surface area contributed by atoms with Gasteiger partial charge in [0.05, 0.1) is 10.2 Å². The van der Waals surface area contributed by atoms with Crippen molar-refractivity contribution < 1.29 is 4.79 Å². The summed E-state index contributed by atoms with van der Waals surface area (Å²) < 4.78 is 0.737. The van der Waals surface area contributed by atoms with Crippen molar-refractivity contribution in [1.29, 1.82) is 5.26 Å². The van der Waals surface area contributed by atoms with Crippen molar-refractivity contribution in [2.45, 2.75) is 13.3 Å². The predicted molar refractivity (Wildman–Crippen MR) is 151 cm³/mol. The number of pyridine rings is 1. The molecule has 6 nitrogen and oxygen atoms in total. The molecule has 3 aromatic carbocycles. The zero-order valence-electron chi connectivity index (χ0n) is 20.3. The molecule has 0 atom stereocenters. The SMILES string of the molecule is Cc1ccc(-c2c(C#N)c(N)nc3c(C(=O)NCCc4ccccc4)c(Nc4ccccc4)sc23)cc1. The van der Waals surface area contributed by atoms with E-state index in [4.69, 9.17) is 5.73 Å². The topological polar surface area (TPSA) is 104 Å². The summed E-state index contributed by atoms with van der Waals surface area (Å²) in [7, 11) is 0. The molecule has 0 aliphatic carbocycles. The number of thiophene rings is 1. The predicted octanol–water partition coefficient (Wildman–Crippen LogP) is 6.44.